The molecular formula is C26H40N2O4. The molecule has 178 valence electrons. The number of amides is 1. The fraction of sp³-hybridized carbons (Fsp3) is 0.731. The Hall–Kier alpha value is -1.63. The molecule has 2 aliphatic heterocycles. The molecule has 2 heterocycles. The van der Waals surface area contributed by atoms with E-state index in [1.165, 1.54) is 57.3 Å². The highest BCUT2D eigenvalue weighted by Gasteiger charge is 2.27. The van der Waals surface area contributed by atoms with Gasteiger partial charge in [-0.1, -0.05) is 12.1 Å². The SMILES string of the molecule is COC(CC(=O)NC1CCC(CCN2CCC(c3cccc4c3CCO4)CC2)CC1)OC. The highest BCUT2D eigenvalue weighted by Crippen LogP contribution is 2.37. The first kappa shape index (κ1) is 23.5. The van der Waals surface area contributed by atoms with Crippen LogP contribution < -0.4 is 10.1 Å². The fourth-order valence-corrected chi connectivity index (χ4v) is 5.76. The maximum absolute atomic E-state index is 12.2. The van der Waals surface area contributed by atoms with Crippen LogP contribution >= 0.6 is 0 Å². The molecule has 1 aromatic carbocycles. The number of rotatable bonds is 9. The summed E-state index contributed by atoms with van der Waals surface area (Å²) >= 11 is 0. The van der Waals surface area contributed by atoms with Crippen molar-refractivity contribution >= 4 is 5.91 Å². The van der Waals surface area contributed by atoms with Gasteiger partial charge in [0.25, 0.3) is 0 Å². The molecule has 3 aliphatic rings. The lowest BCUT2D eigenvalue weighted by Crippen LogP contribution is -2.40. The van der Waals surface area contributed by atoms with Crippen molar-refractivity contribution in [2.45, 2.75) is 76.0 Å². The van der Waals surface area contributed by atoms with E-state index < -0.39 is 6.29 Å². The number of carbonyl (C=O) groups excluding carboxylic acids is 1. The molecule has 0 spiro atoms. The number of likely N-dealkylation sites (tertiary alicyclic amines) is 1. The third kappa shape index (κ3) is 6.03. The highest BCUT2D eigenvalue weighted by molar-refractivity contribution is 5.76. The van der Waals surface area contributed by atoms with E-state index in [1.807, 2.05) is 0 Å². The van der Waals surface area contributed by atoms with Crippen LogP contribution in [0.4, 0.5) is 0 Å². The first-order chi connectivity index (χ1) is 15.7. The summed E-state index contributed by atoms with van der Waals surface area (Å²) in [7, 11) is 3.13. The van der Waals surface area contributed by atoms with Crippen LogP contribution in [-0.2, 0) is 20.7 Å². The normalized spacial score (nSPS) is 24.3. The molecule has 0 atom stereocenters. The summed E-state index contributed by atoms with van der Waals surface area (Å²) in [6, 6.07) is 6.92. The summed E-state index contributed by atoms with van der Waals surface area (Å²) in [5.74, 6) is 2.63. The zero-order valence-electron chi connectivity index (χ0n) is 19.8. The number of nitrogens with one attached hydrogen (secondary N) is 1. The molecule has 1 aliphatic carbocycles. The van der Waals surface area contributed by atoms with E-state index in [1.54, 1.807) is 19.8 Å². The Balaban J connectivity index is 1.13. The van der Waals surface area contributed by atoms with Crippen molar-refractivity contribution in [3.8, 4) is 5.75 Å². The summed E-state index contributed by atoms with van der Waals surface area (Å²) in [4.78, 5) is 14.8. The van der Waals surface area contributed by atoms with Crippen LogP contribution in [0.2, 0.25) is 0 Å². The Morgan fingerprint density at radius 3 is 2.59 bits per heavy atom. The van der Waals surface area contributed by atoms with Gasteiger partial charge in [0.15, 0.2) is 6.29 Å². The monoisotopic (exact) mass is 444 g/mol. The van der Waals surface area contributed by atoms with E-state index in [0.29, 0.717) is 12.0 Å². The first-order valence-corrected chi connectivity index (χ1v) is 12.5. The number of hydrogen-bond donors (Lipinski definition) is 1. The maximum atomic E-state index is 12.2. The lowest BCUT2D eigenvalue weighted by Gasteiger charge is -2.35. The van der Waals surface area contributed by atoms with Gasteiger partial charge in [0.2, 0.25) is 5.91 Å². The smallest absolute Gasteiger partial charge is 0.225 e. The minimum absolute atomic E-state index is 0.0284. The second kappa shape index (κ2) is 11.5. The van der Waals surface area contributed by atoms with Crippen LogP contribution in [0.15, 0.2) is 18.2 Å². The van der Waals surface area contributed by atoms with Gasteiger partial charge in [0.05, 0.1) is 13.0 Å². The predicted octanol–water partition coefficient (Wildman–Crippen LogP) is 3.88. The Kier molecular flexibility index (Phi) is 8.44. The standard InChI is InChI=1S/C26H40N2O4/c1-30-26(31-2)18-25(29)27-21-8-6-19(7-9-21)10-14-28-15-11-20(12-16-28)22-4-3-5-24-23(22)13-17-32-24/h3-5,19-21,26H,6-18H2,1-2H3,(H,27,29). The van der Waals surface area contributed by atoms with E-state index in [4.69, 9.17) is 14.2 Å². The number of benzene rings is 1. The van der Waals surface area contributed by atoms with Gasteiger partial charge < -0.3 is 24.4 Å². The van der Waals surface area contributed by atoms with Gasteiger partial charge in [0, 0.05) is 32.2 Å². The van der Waals surface area contributed by atoms with Crippen molar-refractivity contribution in [2.75, 3.05) is 40.5 Å². The Morgan fingerprint density at radius 1 is 1.12 bits per heavy atom. The molecule has 1 N–H and O–H groups in total. The van der Waals surface area contributed by atoms with Crippen LogP contribution in [0.5, 0.6) is 5.75 Å². The van der Waals surface area contributed by atoms with Crippen molar-refractivity contribution < 1.29 is 19.0 Å². The van der Waals surface area contributed by atoms with Crippen LogP contribution in [0.25, 0.3) is 0 Å². The number of ether oxygens (including phenoxy) is 3. The maximum Gasteiger partial charge on any atom is 0.225 e. The average molecular weight is 445 g/mol. The van der Waals surface area contributed by atoms with Gasteiger partial charge in [0.1, 0.15) is 5.75 Å². The van der Waals surface area contributed by atoms with Crippen molar-refractivity contribution in [2.24, 2.45) is 5.92 Å². The number of methoxy groups -OCH3 is 2. The van der Waals surface area contributed by atoms with Gasteiger partial charge in [-0.25, -0.2) is 0 Å². The van der Waals surface area contributed by atoms with Crippen LogP contribution in [0.3, 0.4) is 0 Å². The molecule has 4 rings (SSSR count). The number of fused-ring (bicyclic) bond motifs is 1. The van der Waals surface area contributed by atoms with Crippen molar-refractivity contribution in [3.63, 3.8) is 0 Å². The molecule has 0 unspecified atom stereocenters. The van der Waals surface area contributed by atoms with Gasteiger partial charge in [-0.2, -0.15) is 0 Å². The summed E-state index contributed by atoms with van der Waals surface area (Å²) < 4.78 is 16.0. The highest BCUT2D eigenvalue weighted by atomic mass is 16.7. The second-order valence-electron chi connectivity index (χ2n) is 9.72. The minimum Gasteiger partial charge on any atom is -0.493 e. The molecule has 1 saturated heterocycles. The number of piperidine rings is 1. The lowest BCUT2D eigenvalue weighted by molar-refractivity contribution is -0.140. The Morgan fingerprint density at radius 2 is 1.88 bits per heavy atom. The van der Waals surface area contributed by atoms with Gasteiger partial charge in [-0.3, -0.25) is 4.79 Å². The largest absolute Gasteiger partial charge is 0.493 e. The molecule has 32 heavy (non-hydrogen) atoms. The first-order valence-electron chi connectivity index (χ1n) is 12.5. The van der Waals surface area contributed by atoms with E-state index in [-0.39, 0.29) is 12.3 Å². The summed E-state index contributed by atoms with van der Waals surface area (Å²) in [5, 5.41) is 3.16. The third-order valence-corrected chi connectivity index (χ3v) is 7.75. The van der Waals surface area contributed by atoms with Crippen LogP contribution in [0, 0.1) is 5.92 Å². The Bertz CT molecular complexity index is 735. The van der Waals surface area contributed by atoms with Crippen LogP contribution in [-0.4, -0.2) is 63.6 Å². The number of nitrogens with zero attached hydrogens (tertiary/aromatic N) is 1. The molecule has 6 heteroatoms. The van der Waals surface area contributed by atoms with Crippen LogP contribution in [0.1, 0.15) is 68.4 Å². The molecule has 1 amide bonds. The quantitative estimate of drug-likeness (QED) is 0.586. The molecule has 0 aromatic heterocycles. The zero-order valence-corrected chi connectivity index (χ0v) is 19.8. The zero-order chi connectivity index (χ0) is 22.3. The Labute approximate surface area is 193 Å². The number of hydrogen-bond acceptors (Lipinski definition) is 5. The topological polar surface area (TPSA) is 60.0 Å². The fourth-order valence-electron chi connectivity index (χ4n) is 5.76. The summed E-state index contributed by atoms with van der Waals surface area (Å²) in [6.07, 6.45) is 9.31. The minimum atomic E-state index is -0.452. The van der Waals surface area contributed by atoms with E-state index >= 15 is 0 Å². The van der Waals surface area contributed by atoms with E-state index in [9.17, 15) is 4.79 Å². The van der Waals surface area contributed by atoms with Gasteiger partial charge in [-0.15, -0.1) is 0 Å². The predicted molar refractivity (Wildman–Crippen MR) is 125 cm³/mol. The van der Waals surface area contributed by atoms with Crippen molar-refractivity contribution in [1.29, 1.82) is 0 Å². The number of carbonyl (C=O) groups is 1. The molecule has 1 saturated carbocycles. The molecule has 0 radical (unpaired) electrons. The van der Waals surface area contributed by atoms with Gasteiger partial charge in [-0.05, 0) is 88.0 Å². The van der Waals surface area contributed by atoms with Gasteiger partial charge >= 0.3 is 0 Å². The summed E-state index contributed by atoms with van der Waals surface area (Å²) in [5.41, 5.74) is 3.01. The second-order valence-corrected chi connectivity index (χ2v) is 9.72. The van der Waals surface area contributed by atoms with E-state index in [0.717, 1.165) is 37.5 Å². The average Bonchev–Trinajstić information content (AvgIpc) is 3.31. The molecule has 2 fully saturated rings. The van der Waals surface area contributed by atoms with Crippen molar-refractivity contribution in [3.05, 3.63) is 29.3 Å². The molecule has 1 aromatic rings. The molecule has 0 bridgehead atoms. The van der Waals surface area contributed by atoms with Crippen molar-refractivity contribution in [1.82, 2.24) is 10.2 Å². The lowest BCUT2D eigenvalue weighted by atomic mass is 9.83. The van der Waals surface area contributed by atoms with E-state index in [2.05, 4.69) is 28.4 Å². The third-order valence-electron chi connectivity index (χ3n) is 7.75. The molecular weight excluding hydrogens is 404 g/mol. The molecule has 6 nitrogen and oxygen atoms in total. The summed E-state index contributed by atoms with van der Waals surface area (Å²) in [6.45, 7) is 4.48.